The van der Waals surface area contributed by atoms with Gasteiger partial charge in [-0.05, 0) is 75.2 Å². The Hall–Kier alpha value is -3.56. The van der Waals surface area contributed by atoms with Crippen molar-refractivity contribution in [1.82, 2.24) is 14.7 Å². The van der Waals surface area contributed by atoms with E-state index in [-0.39, 0.29) is 5.91 Å². The molecule has 0 aromatic heterocycles. The molecule has 1 aromatic carbocycles. The van der Waals surface area contributed by atoms with Gasteiger partial charge in [-0.1, -0.05) is 31.4 Å². The van der Waals surface area contributed by atoms with E-state index in [2.05, 4.69) is 90.6 Å². The molecule has 0 spiro atoms. The summed E-state index contributed by atoms with van der Waals surface area (Å²) in [7, 11) is 4.19. The number of likely N-dealkylation sites (N-methyl/N-ethyl adjacent to an activating group) is 1. The number of carbonyl (C=O) groups excluding carboxylic acids is 1. The lowest BCUT2D eigenvalue weighted by Crippen LogP contribution is -2.50. The molecular weight excluding hydrogens is 434 g/mol. The van der Waals surface area contributed by atoms with Crippen LogP contribution in [0.25, 0.3) is 0 Å². The normalized spacial score (nSPS) is 17.1. The highest BCUT2D eigenvalue weighted by atomic mass is 16.2. The molecule has 6 heteroatoms. The minimum absolute atomic E-state index is 0.0314. The smallest absolute Gasteiger partial charge is 0.245 e. The van der Waals surface area contributed by atoms with Gasteiger partial charge in [0, 0.05) is 50.3 Å². The summed E-state index contributed by atoms with van der Waals surface area (Å²) >= 11 is 0. The molecule has 35 heavy (non-hydrogen) atoms. The maximum absolute atomic E-state index is 11.6. The summed E-state index contributed by atoms with van der Waals surface area (Å²) in [6, 6.07) is 8.54. The first-order valence-electron chi connectivity index (χ1n) is 11.9. The summed E-state index contributed by atoms with van der Waals surface area (Å²) in [4.78, 5) is 22.5. The van der Waals surface area contributed by atoms with E-state index < -0.39 is 0 Å². The molecule has 0 unspecified atom stereocenters. The number of benzene rings is 1. The second-order valence-corrected chi connectivity index (χ2v) is 9.14. The molecule has 6 nitrogen and oxygen atoms in total. The van der Waals surface area contributed by atoms with Crippen LogP contribution in [0.3, 0.4) is 0 Å². The molecule has 1 N–H and O–H groups in total. The zero-order valence-corrected chi connectivity index (χ0v) is 21.4. The molecule has 0 bridgehead atoms. The van der Waals surface area contributed by atoms with Gasteiger partial charge in [-0.2, -0.15) is 0 Å². The molecule has 0 atom stereocenters. The van der Waals surface area contributed by atoms with Crippen LogP contribution in [0.15, 0.2) is 78.1 Å². The Labute approximate surface area is 211 Å². The molecule has 2 aliphatic rings. The first kappa shape index (κ1) is 27.7. The van der Waals surface area contributed by atoms with Gasteiger partial charge >= 0.3 is 0 Å². The van der Waals surface area contributed by atoms with E-state index in [1.807, 2.05) is 24.1 Å². The lowest BCUT2D eigenvalue weighted by atomic mass is 9.95. The second-order valence-electron chi connectivity index (χ2n) is 9.14. The van der Waals surface area contributed by atoms with Gasteiger partial charge in [0.05, 0.1) is 0 Å². The van der Waals surface area contributed by atoms with Gasteiger partial charge in [0.1, 0.15) is 5.84 Å². The number of hydrogen-bond donors (Lipinski definition) is 1. The second kappa shape index (κ2) is 14.0. The maximum Gasteiger partial charge on any atom is 0.245 e. The molecule has 1 fully saturated rings. The van der Waals surface area contributed by atoms with Crippen molar-refractivity contribution >= 4 is 17.4 Å². The molecule has 1 aromatic rings. The van der Waals surface area contributed by atoms with Crippen LogP contribution in [0.1, 0.15) is 18.9 Å². The highest BCUT2D eigenvalue weighted by Crippen LogP contribution is 2.23. The topological polar surface area (TPSA) is 51.2 Å². The Kier molecular flexibility index (Phi) is 11.1. The fourth-order valence-corrected chi connectivity index (χ4v) is 3.92. The number of aliphatic imine (C=N–C) groups is 1. The van der Waals surface area contributed by atoms with Crippen LogP contribution < -0.4 is 5.32 Å². The zero-order chi connectivity index (χ0) is 25.8. The van der Waals surface area contributed by atoms with E-state index in [0.717, 1.165) is 68.4 Å². The first-order valence-corrected chi connectivity index (χ1v) is 11.9. The van der Waals surface area contributed by atoms with Crippen LogP contribution >= 0.6 is 0 Å². The first-order chi connectivity index (χ1) is 16.8. The number of hydrogen-bond acceptors (Lipinski definition) is 4. The van der Waals surface area contributed by atoms with Crippen LogP contribution in [-0.2, 0) is 11.2 Å². The summed E-state index contributed by atoms with van der Waals surface area (Å²) in [5.74, 6) is 1.44. The van der Waals surface area contributed by atoms with Crippen molar-refractivity contribution in [2.75, 3.05) is 52.1 Å². The Bertz CT molecular complexity index is 978. The van der Waals surface area contributed by atoms with Crippen molar-refractivity contribution < 1.29 is 4.79 Å². The number of allylic oxidation sites excluding steroid dienone is 1. The van der Waals surface area contributed by atoms with Crippen LogP contribution in [0.2, 0.25) is 0 Å². The average Bonchev–Trinajstić information content (AvgIpc) is 2.83. The van der Waals surface area contributed by atoms with E-state index in [4.69, 9.17) is 0 Å². The minimum atomic E-state index is 0.0314. The summed E-state index contributed by atoms with van der Waals surface area (Å²) in [5, 5.41) is 3.37. The third-order valence-electron chi connectivity index (χ3n) is 6.07. The monoisotopic (exact) mass is 473 g/mol. The Balaban J connectivity index is 0.00000210. The summed E-state index contributed by atoms with van der Waals surface area (Å²) in [6.07, 6.45) is 17.6. The number of likely N-dealkylation sites (tertiary alicyclic amines) is 1. The van der Waals surface area contributed by atoms with Crippen LogP contribution in [-0.4, -0.2) is 73.3 Å². The van der Waals surface area contributed by atoms with Gasteiger partial charge in [-0.3, -0.25) is 4.79 Å². The Morgan fingerprint density at radius 1 is 1.23 bits per heavy atom. The number of terminal acetylenes is 1. The third kappa shape index (κ3) is 8.95. The summed E-state index contributed by atoms with van der Waals surface area (Å²) in [6.45, 7) is 14.1. The van der Waals surface area contributed by atoms with Crippen molar-refractivity contribution in [3.8, 4) is 12.8 Å². The van der Waals surface area contributed by atoms with Crippen molar-refractivity contribution in [2.24, 2.45) is 10.9 Å². The number of amides is 1. The molecule has 1 amide bonds. The molecule has 0 aliphatic carbocycles. The van der Waals surface area contributed by atoms with E-state index in [1.54, 1.807) is 0 Å². The third-order valence-corrected chi connectivity index (χ3v) is 6.07. The van der Waals surface area contributed by atoms with E-state index >= 15 is 0 Å². The highest BCUT2D eigenvalue weighted by molar-refractivity contribution is 5.93. The quantitative estimate of drug-likeness (QED) is 0.253. The maximum atomic E-state index is 11.6. The van der Waals surface area contributed by atoms with Crippen LogP contribution in [0, 0.1) is 18.8 Å². The Morgan fingerprint density at radius 3 is 2.54 bits per heavy atom. The summed E-state index contributed by atoms with van der Waals surface area (Å²) in [5.41, 5.74) is 4.56. The number of carbonyl (C=O) groups is 1. The van der Waals surface area contributed by atoms with Gasteiger partial charge in [0.25, 0.3) is 0 Å². The molecule has 0 saturated carbocycles. The fraction of sp³-hybridized carbons (Fsp3) is 0.379. The van der Waals surface area contributed by atoms with E-state index in [0.29, 0.717) is 5.92 Å². The highest BCUT2D eigenvalue weighted by Gasteiger charge is 2.29. The molecular formula is C29H39N5O. The molecule has 3 rings (SSSR count). The standard InChI is InChI=1S/C27H37N5O.C2H2/c1-6-27(33)32-19-25(20-32)14-16-31-18-24(8-7-21(31)2)17-28-22(3)29-26-11-9-23(10-12-26)13-15-30(4)5;1-2/h6-12,17,25H,1-2,13-16,18-20H2,3-5H3,(H,28,29);1-2H/b24-17-;. The van der Waals surface area contributed by atoms with E-state index in [9.17, 15) is 4.79 Å². The zero-order valence-electron chi connectivity index (χ0n) is 21.4. The van der Waals surface area contributed by atoms with Gasteiger partial charge in [0.2, 0.25) is 5.91 Å². The predicted octanol–water partition coefficient (Wildman–Crippen LogP) is 4.17. The molecule has 1 saturated heterocycles. The minimum Gasteiger partial charge on any atom is -0.368 e. The predicted molar refractivity (Wildman–Crippen MR) is 148 cm³/mol. The van der Waals surface area contributed by atoms with Gasteiger partial charge < -0.3 is 20.0 Å². The Morgan fingerprint density at radius 2 is 1.91 bits per heavy atom. The summed E-state index contributed by atoms with van der Waals surface area (Å²) < 4.78 is 0. The van der Waals surface area contributed by atoms with Gasteiger partial charge in [0.15, 0.2) is 0 Å². The van der Waals surface area contributed by atoms with Gasteiger partial charge in [-0.15, -0.1) is 12.8 Å². The SMILES string of the molecule is C#C.C=CC(=O)N1CC(CCN2C/C(=C\N=C(C)Nc3ccc(CCN(C)C)cc3)C=CC2=C)C1. The lowest BCUT2D eigenvalue weighted by molar-refractivity contribution is -0.132. The number of nitrogens with zero attached hydrogens (tertiary/aromatic N) is 4. The van der Waals surface area contributed by atoms with Crippen molar-refractivity contribution in [1.29, 1.82) is 0 Å². The fourth-order valence-electron chi connectivity index (χ4n) is 3.92. The molecule has 0 radical (unpaired) electrons. The number of amidine groups is 1. The van der Waals surface area contributed by atoms with Crippen molar-refractivity contribution in [2.45, 2.75) is 19.8 Å². The van der Waals surface area contributed by atoms with Crippen LogP contribution in [0.5, 0.6) is 0 Å². The van der Waals surface area contributed by atoms with Gasteiger partial charge in [-0.25, -0.2) is 4.99 Å². The van der Waals surface area contributed by atoms with Crippen molar-refractivity contribution in [3.05, 3.63) is 78.7 Å². The molecule has 2 heterocycles. The lowest BCUT2D eigenvalue weighted by Gasteiger charge is -2.40. The number of anilines is 1. The van der Waals surface area contributed by atoms with E-state index in [1.165, 1.54) is 11.6 Å². The largest absolute Gasteiger partial charge is 0.368 e. The number of rotatable bonds is 9. The average molecular weight is 474 g/mol. The molecule has 186 valence electrons. The van der Waals surface area contributed by atoms with Crippen molar-refractivity contribution in [3.63, 3.8) is 0 Å². The van der Waals surface area contributed by atoms with Crippen LogP contribution in [0.4, 0.5) is 5.69 Å². The molecule has 2 aliphatic heterocycles. The number of nitrogens with one attached hydrogen (secondary N) is 1.